The predicted molar refractivity (Wildman–Crippen MR) is 182 cm³/mol. The molecule has 0 spiro atoms. The van der Waals surface area contributed by atoms with Gasteiger partial charge in [-0.3, -0.25) is 19.2 Å². The zero-order valence-electron chi connectivity index (χ0n) is 27.3. The number of aliphatic hydroxyl groups is 2. The predicted octanol–water partition coefficient (Wildman–Crippen LogP) is 2.88. The van der Waals surface area contributed by atoms with Crippen molar-refractivity contribution in [3.8, 4) is 0 Å². The Morgan fingerprint density at radius 1 is 0.688 bits per heavy atom. The van der Waals surface area contributed by atoms with Gasteiger partial charge in [0.1, 0.15) is 5.78 Å². The molecule has 1 fully saturated rings. The SMILES string of the molecule is O=C(C[C@H](Cc1ccccc1)C(=O)Nc1ccc2ccccc2c1)C1C[C@@H](C(=O)NCCOCCO)C[C@@H](C(=O)NCCOCCO)C1. The van der Waals surface area contributed by atoms with Gasteiger partial charge in [-0.25, -0.2) is 0 Å². The van der Waals surface area contributed by atoms with E-state index in [1.807, 2.05) is 72.8 Å². The Kier molecular flexibility index (Phi) is 15.0. The second-order valence-electron chi connectivity index (χ2n) is 12.2. The number of ketones is 1. The van der Waals surface area contributed by atoms with Crippen molar-refractivity contribution in [1.29, 1.82) is 0 Å². The number of fused-ring (bicyclic) bond motifs is 1. The van der Waals surface area contributed by atoms with Crippen molar-refractivity contribution in [1.82, 2.24) is 10.6 Å². The highest BCUT2D eigenvalue weighted by atomic mass is 16.5. The van der Waals surface area contributed by atoms with Crippen molar-refractivity contribution >= 4 is 40.0 Å². The summed E-state index contributed by atoms with van der Waals surface area (Å²) in [6, 6.07) is 23.1. The second-order valence-corrected chi connectivity index (χ2v) is 12.2. The van der Waals surface area contributed by atoms with Crippen LogP contribution in [-0.4, -0.2) is 86.4 Å². The lowest BCUT2D eigenvalue weighted by molar-refractivity contribution is -0.136. The minimum absolute atomic E-state index is 0.0361. The fourth-order valence-corrected chi connectivity index (χ4v) is 6.20. The van der Waals surface area contributed by atoms with Crippen molar-refractivity contribution in [3.05, 3.63) is 78.4 Å². The highest BCUT2D eigenvalue weighted by Gasteiger charge is 2.39. The third kappa shape index (κ3) is 11.5. The van der Waals surface area contributed by atoms with Gasteiger partial charge in [-0.2, -0.15) is 0 Å². The molecule has 3 aromatic rings. The Morgan fingerprint density at radius 3 is 1.85 bits per heavy atom. The average Bonchev–Trinajstić information content (AvgIpc) is 3.11. The lowest BCUT2D eigenvalue weighted by atomic mass is 9.71. The Hall–Kier alpha value is -4.16. The van der Waals surface area contributed by atoms with Crippen LogP contribution in [0.3, 0.4) is 0 Å². The summed E-state index contributed by atoms with van der Waals surface area (Å²) in [4.78, 5) is 54.2. The molecule has 1 aliphatic rings. The van der Waals surface area contributed by atoms with Crippen LogP contribution in [0, 0.1) is 23.7 Å². The fraction of sp³-hybridized carbons (Fsp3) is 0.459. The minimum atomic E-state index is -0.666. The summed E-state index contributed by atoms with van der Waals surface area (Å²) in [5, 5.41) is 28.5. The van der Waals surface area contributed by atoms with Gasteiger partial charge in [-0.05, 0) is 54.2 Å². The topological polar surface area (TPSA) is 163 Å². The molecule has 4 atom stereocenters. The van der Waals surface area contributed by atoms with E-state index in [0.29, 0.717) is 12.1 Å². The zero-order valence-corrected chi connectivity index (χ0v) is 27.3. The van der Waals surface area contributed by atoms with Crippen molar-refractivity contribution in [2.75, 3.05) is 58.0 Å². The molecule has 0 heterocycles. The number of aliphatic hydroxyl groups excluding tert-OH is 2. The average molecular weight is 662 g/mol. The molecule has 0 radical (unpaired) electrons. The van der Waals surface area contributed by atoms with Gasteiger partial charge in [-0.1, -0.05) is 60.7 Å². The lowest BCUT2D eigenvalue weighted by Gasteiger charge is -2.33. The normalized spacial score (nSPS) is 18.2. The summed E-state index contributed by atoms with van der Waals surface area (Å²) < 4.78 is 10.5. The van der Waals surface area contributed by atoms with Gasteiger partial charge in [0.05, 0.1) is 39.6 Å². The van der Waals surface area contributed by atoms with Crippen LogP contribution in [0.4, 0.5) is 5.69 Å². The van der Waals surface area contributed by atoms with Gasteiger partial charge >= 0.3 is 0 Å². The maximum Gasteiger partial charge on any atom is 0.228 e. The molecule has 0 bridgehead atoms. The number of benzene rings is 3. The summed E-state index contributed by atoms with van der Waals surface area (Å²) in [5.74, 6) is -3.37. The van der Waals surface area contributed by atoms with E-state index in [-0.39, 0.29) is 102 Å². The monoisotopic (exact) mass is 661 g/mol. The Balaban J connectivity index is 1.47. The molecule has 4 rings (SSSR count). The van der Waals surface area contributed by atoms with Gasteiger partial charge in [-0.15, -0.1) is 0 Å². The maximum atomic E-state index is 14.0. The van der Waals surface area contributed by atoms with E-state index in [1.165, 1.54) is 0 Å². The number of nitrogens with one attached hydrogen (secondary N) is 3. The number of hydrogen-bond donors (Lipinski definition) is 5. The van der Waals surface area contributed by atoms with Crippen molar-refractivity contribution in [3.63, 3.8) is 0 Å². The maximum absolute atomic E-state index is 14.0. The molecule has 258 valence electrons. The number of hydrogen-bond acceptors (Lipinski definition) is 8. The van der Waals surface area contributed by atoms with Crippen LogP contribution < -0.4 is 16.0 Å². The van der Waals surface area contributed by atoms with Gasteiger partial charge in [0.25, 0.3) is 0 Å². The smallest absolute Gasteiger partial charge is 0.228 e. The van der Waals surface area contributed by atoms with E-state index < -0.39 is 23.7 Å². The Bertz CT molecular complexity index is 1450. The molecule has 0 saturated heterocycles. The van der Waals surface area contributed by atoms with E-state index in [9.17, 15) is 19.2 Å². The second kappa shape index (κ2) is 19.6. The molecule has 11 nitrogen and oxygen atoms in total. The Labute approximate surface area is 281 Å². The van der Waals surface area contributed by atoms with Crippen molar-refractivity contribution in [2.24, 2.45) is 23.7 Å². The minimum Gasteiger partial charge on any atom is -0.394 e. The fourth-order valence-electron chi connectivity index (χ4n) is 6.20. The summed E-state index contributed by atoms with van der Waals surface area (Å²) in [6.45, 7) is 1.03. The van der Waals surface area contributed by atoms with Crippen LogP contribution in [0.15, 0.2) is 72.8 Å². The standard InChI is InChI=1S/C37H47N3O8/c41-14-18-47-16-12-38-35(44)31-21-29(22-32(23-31)36(45)39-13-17-48-19-15-42)34(43)25-30(20-26-6-2-1-3-7-26)37(46)40-33-11-10-27-8-4-5-9-28(27)24-33/h1-11,24,29-32,41-42H,12-23,25H2,(H,38,44)(H,39,45)(H,40,46)/t29?,30-,31-,32+/m0/s1. The first-order valence-electron chi connectivity index (χ1n) is 16.7. The van der Waals surface area contributed by atoms with Crippen molar-refractivity contribution < 1.29 is 38.9 Å². The van der Waals surface area contributed by atoms with Gasteiger partial charge in [0.2, 0.25) is 17.7 Å². The quantitative estimate of drug-likeness (QED) is 0.123. The summed E-state index contributed by atoms with van der Waals surface area (Å²) in [7, 11) is 0. The number of anilines is 1. The van der Waals surface area contributed by atoms with Gasteiger partial charge in [0.15, 0.2) is 0 Å². The highest BCUT2D eigenvalue weighted by molar-refractivity contribution is 5.98. The summed E-state index contributed by atoms with van der Waals surface area (Å²) in [5.41, 5.74) is 1.57. The molecular formula is C37H47N3O8. The number of Topliss-reactive ketones (excluding diaryl/α,β-unsaturated/α-hetero) is 1. The van der Waals surface area contributed by atoms with Crippen LogP contribution in [0.1, 0.15) is 31.2 Å². The molecule has 5 N–H and O–H groups in total. The summed E-state index contributed by atoms with van der Waals surface area (Å²) >= 11 is 0. The number of carbonyl (C=O) groups is 4. The van der Waals surface area contributed by atoms with Crippen LogP contribution in [-0.2, 0) is 35.1 Å². The van der Waals surface area contributed by atoms with Crippen LogP contribution in [0.25, 0.3) is 10.8 Å². The number of amides is 3. The number of rotatable bonds is 19. The first-order valence-corrected chi connectivity index (χ1v) is 16.7. The molecule has 0 aliphatic heterocycles. The van der Waals surface area contributed by atoms with Crippen LogP contribution in [0.2, 0.25) is 0 Å². The van der Waals surface area contributed by atoms with E-state index in [2.05, 4.69) is 16.0 Å². The summed E-state index contributed by atoms with van der Waals surface area (Å²) in [6.07, 6.45) is 1.15. The van der Waals surface area contributed by atoms with E-state index >= 15 is 0 Å². The number of carbonyl (C=O) groups excluding carboxylic acids is 4. The molecule has 48 heavy (non-hydrogen) atoms. The Morgan fingerprint density at radius 2 is 1.25 bits per heavy atom. The molecule has 1 unspecified atom stereocenters. The third-order valence-electron chi connectivity index (χ3n) is 8.63. The molecular weight excluding hydrogens is 614 g/mol. The zero-order chi connectivity index (χ0) is 34.1. The molecule has 3 amide bonds. The third-order valence-corrected chi connectivity index (χ3v) is 8.63. The largest absolute Gasteiger partial charge is 0.394 e. The molecule has 0 aromatic heterocycles. The van der Waals surface area contributed by atoms with E-state index in [4.69, 9.17) is 19.7 Å². The molecule has 1 saturated carbocycles. The molecule has 11 heteroatoms. The van der Waals surface area contributed by atoms with E-state index in [0.717, 1.165) is 16.3 Å². The number of ether oxygens (including phenoxy) is 2. The molecule has 3 aromatic carbocycles. The molecule has 1 aliphatic carbocycles. The van der Waals surface area contributed by atoms with Gasteiger partial charge < -0.3 is 35.6 Å². The van der Waals surface area contributed by atoms with E-state index in [1.54, 1.807) is 0 Å². The van der Waals surface area contributed by atoms with Crippen molar-refractivity contribution in [2.45, 2.75) is 32.1 Å². The van der Waals surface area contributed by atoms with Crippen LogP contribution in [0.5, 0.6) is 0 Å². The van der Waals surface area contributed by atoms with Crippen LogP contribution >= 0.6 is 0 Å². The van der Waals surface area contributed by atoms with Gasteiger partial charge in [0, 0.05) is 48.9 Å². The lowest BCUT2D eigenvalue weighted by Crippen LogP contribution is -2.44. The first kappa shape index (κ1) is 36.7. The first-order chi connectivity index (χ1) is 23.4. The highest BCUT2D eigenvalue weighted by Crippen LogP contribution is 2.36.